The highest BCUT2D eigenvalue weighted by molar-refractivity contribution is 5.68. The van der Waals surface area contributed by atoms with E-state index in [0.29, 0.717) is 28.7 Å². The smallest absolute Gasteiger partial charge is 0.346 e. The third kappa shape index (κ3) is 2.76. The molecule has 3 aromatic rings. The number of imidazole rings is 1. The Labute approximate surface area is 160 Å². The molecular formula is C20H21N5O3. The zero-order chi connectivity index (χ0) is 19.3. The van der Waals surface area contributed by atoms with Gasteiger partial charge < -0.3 is 18.7 Å². The van der Waals surface area contributed by atoms with Gasteiger partial charge in [-0.1, -0.05) is 6.92 Å². The molecule has 4 heterocycles. The molecule has 2 unspecified atom stereocenters. The third-order valence-electron chi connectivity index (χ3n) is 5.96. The summed E-state index contributed by atoms with van der Waals surface area (Å²) in [5.74, 6) is 1.50. The fraction of sp³-hybridized carbons (Fsp3) is 0.400. The van der Waals surface area contributed by atoms with Crippen LogP contribution in [-0.2, 0) is 6.54 Å². The van der Waals surface area contributed by atoms with Gasteiger partial charge in [0.2, 0.25) is 0 Å². The molecule has 2 aliphatic rings. The first-order chi connectivity index (χ1) is 13.6. The lowest BCUT2D eigenvalue weighted by atomic mass is 9.76. The van der Waals surface area contributed by atoms with Crippen molar-refractivity contribution < 1.29 is 9.15 Å². The SMILES string of the molecule is CC(Cn1cnc(=N)c2[nH]cnc21)[C@H]1CCC2=Cc3c(ccoc3=O)OC2C1. The molecule has 28 heavy (non-hydrogen) atoms. The Kier molecular flexibility index (Phi) is 3.92. The normalized spacial score (nSPS) is 22.1. The highest BCUT2D eigenvalue weighted by atomic mass is 16.5. The molecule has 0 saturated heterocycles. The lowest BCUT2D eigenvalue weighted by Crippen LogP contribution is -2.34. The van der Waals surface area contributed by atoms with E-state index < -0.39 is 0 Å². The monoisotopic (exact) mass is 379 g/mol. The van der Waals surface area contributed by atoms with Crippen molar-refractivity contribution in [3.63, 3.8) is 0 Å². The van der Waals surface area contributed by atoms with Crippen molar-refractivity contribution in [2.24, 2.45) is 11.8 Å². The molecule has 144 valence electrons. The van der Waals surface area contributed by atoms with Crippen LogP contribution in [-0.4, -0.2) is 25.6 Å². The van der Waals surface area contributed by atoms with Gasteiger partial charge in [-0.2, -0.15) is 0 Å². The summed E-state index contributed by atoms with van der Waals surface area (Å²) in [6.07, 6.45) is 9.54. The Morgan fingerprint density at radius 2 is 2.32 bits per heavy atom. The van der Waals surface area contributed by atoms with Gasteiger partial charge in [0.05, 0.1) is 18.9 Å². The molecule has 8 heteroatoms. The van der Waals surface area contributed by atoms with Crippen LogP contribution in [0.3, 0.4) is 0 Å². The predicted octanol–water partition coefficient (Wildman–Crippen LogP) is 2.47. The molecule has 1 aliphatic carbocycles. The number of aromatic nitrogens is 4. The summed E-state index contributed by atoms with van der Waals surface area (Å²) in [7, 11) is 0. The van der Waals surface area contributed by atoms with E-state index in [0.717, 1.165) is 31.5 Å². The average molecular weight is 379 g/mol. The van der Waals surface area contributed by atoms with Crippen molar-refractivity contribution in [1.82, 2.24) is 19.5 Å². The van der Waals surface area contributed by atoms with Crippen LogP contribution in [0.15, 0.2) is 39.8 Å². The summed E-state index contributed by atoms with van der Waals surface area (Å²) in [5, 5.41) is 7.88. The third-order valence-corrected chi connectivity index (χ3v) is 5.96. The summed E-state index contributed by atoms with van der Waals surface area (Å²) >= 11 is 0. The largest absolute Gasteiger partial charge is 0.485 e. The van der Waals surface area contributed by atoms with Crippen molar-refractivity contribution in [2.45, 2.75) is 38.8 Å². The van der Waals surface area contributed by atoms with Crippen LogP contribution in [0.1, 0.15) is 31.7 Å². The molecule has 3 atom stereocenters. The van der Waals surface area contributed by atoms with Gasteiger partial charge in [-0.05, 0) is 42.7 Å². The minimum absolute atomic E-state index is 0.0136. The Balaban J connectivity index is 1.35. The van der Waals surface area contributed by atoms with E-state index in [1.165, 1.54) is 11.8 Å². The van der Waals surface area contributed by atoms with E-state index in [1.54, 1.807) is 18.7 Å². The van der Waals surface area contributed by atoms with Gasteiger partial charge in [-0.15, -0.1) is 0 Å². The van der Waals surface area contributed by atoms with Crippen LogP contribution in [0.2, 0.25) is 0 Å². The molecule has 2 N–H and O–H groups in total. The van der Waals surface area contributed by atoms with Gasteiger partial charge >= 0.3 is 5.63 Å². The molecule has 3 aromatic heterocycles. The van der Waals surface area contributed by atoms with E-state index in [1.807, 2.05) is 10.6 Å². The fourth-order valence-corrected chi connectivity index (χ4v) is 4.36. The van der Waals surface area contributed by atoms with E-state index in [9.17, 15) is 4.79 Å². The Bertz CT molecular complexity index is 1190. The molecule has 5 rings (SSSR count). The summed E-state index contributed by atoms with van der Waals surface area (Å²) in [4.78, 5) is 23.4. The maximum Gasteiger partial charge on any atom is 0.346 e. The van der Waals surface area contributed by atoms with Crippen molar-refractivity contribution >= 4 is 17.2 Å². The van der Waals surface area contributed by atoms with Gasteiger partial charge in [0.25, 0.3) is 0 Å². The summed E-state index contributed by atoms with van der Waals surface area (Å²) in [5.41, 5.74) is 2.99. The zero-order valence-corrected chi connectivity index (χ0v) is 15.5. The van der Waals surface area contributed by atoms with E-state index in [2.05, 4.69) is 21.9 Å². The lowest BCUT2D eigenvalue weighted by Gasteiger charge is -2.37. The Morgan fingerprint density at radius 1 is 1.43 bits per heavy atom. The summed E-state index contributed by atoms with van der Waals surface area (Å²) in [6, 6.07) is 1.72. The average Bonchev–Trinajstić information content (AvgIpc) is 3.20. The minimum atomic E-state index is -0.344. The van der Waals surface area contributed by atoms with Crippen LogP contribution in [0, 0.1) is 17.2 Å². The van der Waals surface area contributed by atoms with Gasteiger partial charge in [0.1, 0.15) is 22.9 Å². The second-order valence-corrected chi connectivity index (χ2v) is 7.67. The topological polar surface area (TPSA) is 110 Å². The maximum absolute atomic E-state index is 11.9. The van der Waals surface area contributed by atoms with Crippen LogP contribution in [0.4, 0.5) is 0 Å². The van der Waals surface area contributed by atoms with Crippen LogP contribution >= 0.6 is 0 Å². The first kappa shape index (κ1) is 17.0. The molecule has 0 bridgehead atoms. The molecular weight excluding hydrogens is 358 g/mol. The van der Waals surface area contributed by atoms with Gasteiger partial charge in [0, 0.05) is 12.6 Å². The number of hydrogen-bond acceptors (Lipinski definition) is 6. The summed E-state index contributed by atoms with van der Waals surface area (Å²) < 4.78 is 13.1. The predicted molar refractivity (Wildman–Crippen MR) is 102 cm³/mol. The van der Waals surface area contributed by atoms with Gasteiger partial charge in [-0.3, -0.25) is 5.41 Å². The van der Waals surface area contributed by atoms with E-state index in [-0.39, 0.29) is 17.2 Å². The fourth-order valence-electron chi connectivity index (χ4n) is 4.36. The highest BCUT2D eigenvalue weighted by Gasteiger charge is 2.34. The van der Waals surface area contributed by atoms with Crippen molar-refractivity contribution in [1.29, 1.82) is 5.41 Å². The quantitative estimate of drug-likeness (QED) is 0.726. The molecule has 1 saturated carbocycles. The van der Waals surface area contributed by atoms with E-state index in [4.69, 9.17) is 14.6 Å². The molecule has 1 aliphatic heterocycles. The van der Waals surface area contributed by atoms with Gasteiger partial charge in [-0.25, -0.2) is 14.8 Å². The molecule has 0 amide bonds. The zero-order valence-electron chi connectivity index (χ0n) is 15.5. The van der Waals surface area contributed by atoms with Crippen LogP contribution in [0.5, 0.6) is 5.75 Å². The second-order valence-electron chi connectivity index (χ2n) is 7.67. The number of nitrogens with one attached hydrogen (secondary N) is 2. The summed E-state index contributed by atoms with van der Waals surface area (Å²) in [6.45, 7) is 3.02. The van der Waals surface area contributed by atoms with Crippen molar-refractivity contribution in [3.05, 3.63) is 52.0 Å². The van der Waals surface area contributed by atoms with Crippen molar-refractivity contribution in [2.75, 3.05) is 0 Å². The number of hydrogen-bond donors (Lipinski definition) is 2. The minimum Gasteiger partial charge on any atom is -0.485 e. The molecule has 8 nitrogen and oxygen atoms in total. The van der Waals surface area contributed by atoms with Gasteiger partial charge in [0.15, 0.2) is 11.1 Å². The van der Waals surface area contributed by atoms with Crippen molar-refractivity contribution in [3.8, 4) is 5.75 Å². The molecule has 1 fully saturated rings. The lowest BCUT2D eigenvalue weighted by molar-refractivity contribution is 0.136. The number of ether oxygens (including phenoxy) is 1. The first-order valence-electron chi connectivity index (χ1n) is 9.52. The molecule has 0 aromatic carbocycles. The number of H-pyrrole nitrogens is 1. The molecule has 0 spiro atoms. The first-order valence-corrected chi connectivity index (χ1v) is 9.52. The number of rotatable bonds is 3. The number of fused-ring (bicyclic) bond motifs is 3. The highest BCUT2D eigenvalue weighted by Crippen LogP contribution is 2.40. The maximum atomic E-state index is 11.9. The van der Waals surface area contributed by atoms with Crippen LogP contribution in [0.25, 0.3) is 17.2 Å². The van der Waals surface area contributed by atoms with E-state index >= 15 is 0 Å². The molecule has 0 radical (unpaired) electrons. The Morgan fingerprint density at radius 3 is 3.21 bits per heavy atom. The number of nitrogens with zero attached hydrogens (tertiary/aromatic N) is 3. The Hall–Kier alpha value is -3.16. The second kappa shape index (κ2) is 6.47. The number of aromatic amines is 1. The standard InChI is InChI=1S/C20H21N5O3/c1-11(8-25-10-24-18(21)17-19(25)23-9-22-17)12-2-3-13-6-14-15(28-16(13)7-12)4-5-27-20(14)26/h4-6,9-12,16,21H,2-3,7-8H2,1H3,(H,22,23)/t11?,12-,16?/m0/s1. The van der Waals surface area contributed by atoms with Crippen LogP contribution < -0.4 is 15.9 Å².